The fourth-order valence-corrected chi connectivity index (χ4v) is 3.05. The third kappa shape index (κ3) is 3.77. The molecule has 0 saturated carbocycles. The van der Waals surface area contributed by atoms with Gasteiger partial charge < -0.3 is 14.8 Å². The number of aliphatic imine (C=N–C) groups is 1. The van der Waals surface area contributed by atoms with Crippen molar-refractivity contribution in [3.8, 4) is 0 Å². The average Bonchev–Trinajstić information content (AvgIpc) is 2.94. The first-order valence-electron chi connectivity index (χ1n) is 8.15. The van der Waals surface area contributed by atoms with Crippen molar-refractivity contribution < 1.29 is 0 Å². The molecule has 0 spiro atoms. The standard InChI is InChI=1S/C19H22ClN5/c1-21-19(24(2)13-14-8-4-5-9-15(14)20)22-12-18-23-16-10-6-7-11-17(16)25(18)3/h4-11H,12-13H2,1-3H3,(H,21,22). The zero-order valence-electron chi connectivity index (χ0n) is 14.7. The van der Waals surface area contributed by atoms with Crippen molar-refractivity contribution in [2.24, 2.45) is 12.0 Å². The predicted molar refractivity (Wildman–Crippen MR) is 104 cm³/mol. The lowest BCUT2D eigenvalue weighted by molar-refractivity contribution is 0.475. The summed E-state index contributed by atoms with van der Waals surface area (Å²) in [5, 5.41) is 4.14. The van der Waals surface area contributed by atoms with E-state index in [2.05, 4.69) is 25.9 Å². The molecule has 0 aliphatic rings. The third-order valence-electron chi connectivity index (χ3n) is 4.22. The van der Waals surface area contributed by atoms with Gasteiger partial charge in [0.2, 0.25) is 0 Å². The van der Waals surface area contributed by atoms with E-state index in [1.165, 1.54) is 0 Å². The van der Waals surface area contributed by atoms with Crippen LogP contribution in [0.4, 0.5) is 0 Å². The van der Waals surface area contributed by atoms with Crippen LogP contribution in [0.15, 0.2) is 53.5 Å². The van der Waals surface area contributed by atoms with Gasteiger partial charge in [0.05, 0.1) is 17.6 Å². The fourth-order valence-electron chi connectivity index (χ4n) is 2.85. The lowest BCUT2D eigenvalue weighted by Gasteiger charge is -2.22. The number of hydrogen-bond donors (Lipinski definition) is 1. The van der Waals surface area contributed by atoms with E-state index in [0.29, 0.717) is 13.1 Å². The molecule has 5 nitrogen and oxygen atoms in total. The van der Waals surface area contributed by atoms with Crippen molar-refractivity contribution in [3.63, 3.8) is 0 Å². The lowest BCUT2D eigenvalue weighted by Crippen LogP contribution is -2.38. The molecular weight excluding hydrogens is 334 g/mol. The highest BCUT2D eigenvalue weighted by atomic mass is 35.5. The molecule has 25 heavy (non-hydrogen) atoms. The van der Waals surface area contributed by atoms with Crippen molar-refractivity contribution in [2.75, 3.05) is 14.1 Å². The maximum absolute atomic E-state index is 6.25. The van der Waals surface area contributed by atoms with E-state index in [4.69, 9.17) is 11.6 Å². The second-order valence-corrected chi connectivity index (χ2v) is 6.33. The van der Waals surface area contributed by atoms with Gasteiger partial charge >= 0.3 is 0 Å². The second-order valence-electron chi connectivity index (χ2n) is 5.92. The van der Waals surface area contributed by atoms with Crippen molar-refractivity contribution in [1.29, 1.82) is 0 Å². The van der Waals surface area contributed by atoms with Crippen molar-refractivity contribution in [2.45, 2.75) is 13.1 Å². The van der Waals surface area contributed by atoms with Gasteiger partial charge in [-0.3, -0.25) is 4.99 Å². The van der Waals surface area contributed by atoms with Gasteiger partial charge in [0.25, 0.3) is 0 Å². The van der Waals surface area contributed by atoms with Crippen LogP contribution in [0.2, 0.25) is 5.02 Å². The zero-order chi connectivity index (χ0) is 17.8. The fraction of sp³-hybridized carbons (Fsp3) is 0.263. The third-order valence-corrected chi connectivity index (χ3v) is 4.59. The number of halogens is 1. The lowest BCUT2D eigenvalue weighted by atomic mass is 10.2. The molecule has 0 bridgehead atoms. The maximum Gasteiger partial charge on any atom is 0.194 e. The number of guanidine groups is 1. The molecule has 0 unspecified atom stereocenters. The maximum atomic E-state index is 6.25. The first kappa shape index (κ1) is 17.3. The second kappa shape index (κ2) is 7.57. The number of aryl methyl sites for hydroxylation is 1. The Morgan fingerprint density at radius 1 is 1.20 bits per heavy atom. The van der Waals surface area contributed by atoms with Crippen LogP contribution in [-0.2, 0) is 20.1 Å². The highest BCUT2D eigenvalue weighted by Crippen LogP contribution is 2.17. The van der Waals surface area contributed by atoms with Gasteiger partial charge in [-0.05, 0) is 23.8 Å². The van der Waals surface area contributed by atoms with E-state index < -0.39 is 0 Å². The minimum Gasteiger partial charge on any atom is -0.349 e. The molecule has 6 heteroatoms. The number of benzene rings is 2. The zero-order valence-corrected chi connectivity index (χ0v) is 15.5. The summed E-state index contributed by atoms with van der Waals surface area (Å²) in [4.78, 5) is 11.1. The minimum atomic E-state index is 0.602. The van der Waals surface area contributed by atoms with Gasteiger partial charge in [0.15, 0.2) is 5.96 Å². The van der Waals surface area contributed by atoms with Gasteiger partial charge in [0, 0.05) is 32.7 Å². The molecule has 2 aromatic carbocycles. The number of fused-ring (bicyclic) bond motifs is 1. The quantitative estimate of drug-likeness (QED) is 0.576. The molecule has 130 valence electrons. The molecule has 0 aliphatic carbocycles. The number of para-hydroxylation sites is 2. The Morgan fingerprint density at radius 2 is 1.92 bits per heavy atom. The average molecular weight is 356 g/mol. The highest BCUT2D eigenvalue weighted by molar-refractivity contribution is 6.31. The van der Waals surface area contributed by atoms with Gasteiger partial charge in [-0.2, -0.15) is 0 Å². The van der Waals surface area contributed by atoms with E-state index >= 15 is 0 Å². The molecule has 0 saturated heterocycles. The summed E-state index contributed by atoms with van der Waals surface area (Å²) < 4.78 is 2.10. The largest absolute Gasteiger partial charge is 0.349 e. The number of imidazole rings is 1. The number of nitrogens with zero attached hydrogens (tertiary/aromatic N) is 4. The molecular formula is C19H22ClN5. The Balaban J connectivity index is 1.69. The van der Waals surface area contributed by atoms with Crippen molar-refractivity contribution >= 4 is 28.6 Å². The van der Waals surface area contributed by atoms with Crippen LogP contribution in [0.5, 0.6) is 0 Å². The van der Waals surface area contributed by atoms with Gasteiger partial charge in [0.1, 0.15) is 5.82 Å². The Morgan fingerprint density at radius 3 is 2.64 bits per heavy atom. The van der Waals surface area contributed by atoms with E-state index in [-0.39, 0.29) is 0 Å². The number of aromatic nitrogens is 2. The molecule has 0 atom stereocenters. The molecule has 0 amide bonds. The first-order chi connectivity index (χ1) is 12.1. The van der Waals surface area contributed by atoms with Crippen LogP contribution in [-0.4, -0.2) is 34.5 Å². The van der Waals surface area contributed by atoms with Crippen molar-refractivity contribution in [3.05, 3.63) is 64.9 Å². The normalized spacial score (nSPS) is 11.8. The molecule has 1 N–H and O–H groups in total. The van der Waals surface area contributed by atoms with E-state index in [0.717, 1.165) is 33.4 Å². The summed E-state index contributed by atoms with van der Waals surface area (Å²) in [5.41, 5.74) is 3.19. The van der Waals surface area contributed by atoms with Crippen LogP contribution >= 0.6 is 11.6 Å². The number of rotatable bonds is 4. The van der Waals surface area contributed by atoms with E-state index in [1.54, 1.807) is 7.05 Å². The molecule has 0 fully saturated rings. The topological polar surface area (TPSA) is 45.5 Å². The molecule has 1 aromatic heterocycles. The number of hydrogen-bond acceptors (Lipinski definition) is 2. The Bertz CT molecular complexity index is 900. The minimum absolute atomic E-state index is 0.602. The summed E-state index contributed by atoms with van der Waals surface area (Å²) in [7, 11) is 5.80. The van der Waals surface area contributed by atoms with Gasteiger partial charge in [-0.1, -0.05) is 41.9 Å². The summed E-state index contributed by atoms with van der Waals surface area (Å²) >= 11 is 6.25. The molecule has 0 radical (unpaired) electrons. The monoisotopic (exact) mass is 355 g/mol. The first-order valence-corrected chi connectivity index (χ1v) is 8.53. The predicted octanol–water partition coefficient (Wildman–Crippen LogP) is 3.43. The molecule has 0 aliphatic heterocycles. The van der Waals surface area contributed by atoms with Gasteiger partial charge in [-0.15, -0.1) is 0 Å². The Hall–Kier alpha value is -2.53. The smallest absolute Gasteiger partial charge is 0.194 e. The van der Waals surface area contributed by atoms with Crippen LogP contribution < -0.4 is 5.32 Å². The van der Waals surface area contributed by atoms with E-state index in [1.807, 2.05) is 61.5 Å². The van der Waals surface area contributed by atoms with Crippen LogP contribution in [0.25, 0.3) is 11.0 Å². The highest BCUT2D eigenvalue weighted by Gasteiger charge is 2.11. The van der Waals surface area contributed by atoms with E-state index in [9.17, 15) is 0 Å². The van der Waals surface area contributed by atoms with Crippen molar-refractivity contribution in [1.82, 2.24) is 19.8 Å². The van der Waals surface area contributed by atoms with Crippen LogP contribution in [0.1, 0.15) is 11.4 Å². The Labute approximate surface area is 153 Å². The summed E-state index contributed by atoms with van der Waals surface area (Å²) in [5.74, 6) is 1.76. The van der Waals surface area contributed by atoms with Gasteiger partial charge in [-0.25, -0.2) is 4.98 Å². The molecule has 1 heterocycles. The van der Waals surface area contributed by atoms with Crippen LogP contribution in [0.3, 0.4) is 0 Å². The summed E-state index contributed by atoms with van der Waals surface area (Å²) in [6.07, 6.45) is 0. The summed E-state index contributed by atoms with van der Waals surface area (Å²) in [6.45, 7) is 1.28. The Kier molecular flexibility index (Phi) is 5.24. The molecule has 3 aromatic rings. The van der Waals surface area contributed by atoms with Crippen LogP contribution in [0, 0.1) is 0 Å². The SMILES string of the molecule is CN=C(NCc1nc2ccccc2n1C)N(C)Cc1ccccc1Cl. The summed E-state index contributed by atoms with van der Waals surface area (Å²) in [6, 6.07) is 16.0. The number of nitrogens with one attached hydrogen (secondary N) is 1. The molecule has 3 rings (SSSR count).